The summed E-state index contributed by atoms with van der Waals surface area (Å²) < 4.78 is 16.4. The third-order valence-electron chi connectivity index (χ3n) is 3.66. The van der Waals surface area contributed by atoms with Crippen LogP contribution in [0.4, 0.5) is 0 Å². The fraction of sp³-hybridized carbons (Fsp3) is 0.389. The molecule has 0 bridgehead atoms. The zero-order chi connectivity index (χ0) is 17.1. The number of hydrogen-bond acceptors (Lipinski definition) is 5. The zero-order valence-corrected chi connectivity index (χ0v) is 14.1. The lowest BCUT2D eigenvalue weighted by atomic mass is 10.1. The van der Waals surface area contributed by atoms with Gasteiger partial charge in [-0.15, -0.1) is 0 Å². The van der Waals surface area contributed by atoms with Gasteiger partial charge in [0, 0.05) is 24.4 Å². The minimum atomic E-state index is -0.105. The first-order valence-corrected chi connectivity index (χ1v) is 7.95. The van der Waals surface area contributed by atoms with Gasteiger partial charge < -0.3 is 24.3 Å². The van der Waals surface area contributed by atoms with Crippen molar-refractivity contribution in [1.29, 1.82) is 0 Å². The highest BCUT2D eigenvalue weighted by molar-refractivity contribution is 5.94. The van der Waals surface area contributed by atoms with Crippen molar-refractivity contribution in [3.8, 4) is 22.8 Å². The second-order valence-electron chi connectivity index (χ2n) is 5.98. The van der Waals surface area contributed by atoms with E-state index in [4.69, 9.17) is 14.2 Å². The number of aromatic hydroxyl groups is 1. The molecule has 2 N–H and O–H groups in total. The van der Waals surface area contributed by atoms with E-state index in [2.05, 4.69) is 9.98 Å². The number of aromatic nitrogens is 1. The van der Waals surface area contributed by atoms with Gasteiger partial charge in [0.05, 0.1) is 12.6 Å². The molecule has 3 rings (SSSR count). The summed E-state index contributed by atoms with van der Waals surface area (Å²) in [5.74, 6) is 1.36. The Morgan fingerprint density at radius 1 is 1.33 bits per heavy atom. The largest absolute Gasteiger partial charge is 0.508 e. The molecule has 2 atom stereocenters. The van der Waals surface area contributed by atoms with Gasteiger partial charge in [-0.2, -0.15) is 0 Å². The number of benzene rings is 1. The summed E-state index contributed by atoms with van der Waals surface area (Å²) in [7, 11) is 1.63. The molecule has 2 heterocycles. The lowest BCUT2D eigenvalue weighted by Crippen LogP contribution is -2.17. The summed E-state index contributed by atoms with van der Waals surface area (Å²) >= 11 is 0. The van der Waals surface area contributed by atoms with Crippen LogP contribution in [0.3, 0.4) is 0 Å². The SMILES string of the molecule is COC[C@H](C)Oc1cc(O)cc(-c2ccc(C3=N[C@H](C)CO3)[nH]2)c1. The summed E-state index contributed by atoms with van der Waals surface area (Å²) in [6, 6.07) is 9.18. The Balaban J connectivity index is 1.83. The quantitative estimate of drug-likeness (QED) is 0.854. The van der Waals surface area contributed by atoms with Gasteiger partial charge in [0.25, 0.3) is 0 Å². The molecule has 6 nitrogen and oxygen atoms in total. The summed E-state index contributed by atoms with van der Waals surface area (Å²) in [5, 5.41) is 9.98. The summed E-state index contributed by atoms with van der Waals surface area (Å²) in [5.41, 5.74) is 2.51. The van der Waals surface area contributed by atoms with Crippen LogP contribution >= 0.6 is 0 Å². The smallest absolute Gasteiger partial charge is 0.233 e. The monoisotopic (exact) mass is 330 g/mol. The van der Waals surface area contributed by atoms with Crippen molar-refractivity contribution in [2.45, 2.75) is 26.0 Å². The maximum Gasteiger partial charge on any atom is 0.233 e. The lowest BCUT2D eigenvalue weighted by Gasteiger charge is -2.14. The highest BCUT2D eigenvalue weighted by Crippen LogP contribution is 2.29. The van der Waals surface area contributed by atoms with E-state index < -0.39 is 0 Å². The van der Waals surface area contributed by atoms with E-state index in [9.17, 15) is 5.11 Å². The van der Waals surface area contributed by atoms with Crippen molar-refractivity contribution in [3.05, 3.63) is 36.0 Å². The van der Waals surface area contributed by atoms with Gasteiger partial charge in [0.1, 0.15) is 29.9 Å². The molecule has 1 aliphatic heterocycles. The van der Waals surface area contributed by atoms with Crippen molar-refractivity contribution < 1.29 is 19.3 Å². The van der Waals surface area contributed by atoms with E-state index in [-0.39, 0.29) is 17.9 Å². The predicted molar refractivity (Wildman–Crippen MR) is 91.8 cm³/mol. The third kappa shape index (κ3) is 3.71. The Labute approximate surface area is 141 Å². The summed E-state index contributed by atoms with van der Waals surface area (Å²) in [6.45, 7) is 5.01. The maximum atomic E-state index is 9.98. The van der Waals surface area contributed by atoms with Crippen LogP contribution in [0.15, 0.2) is 35.3 Å². The number of nitrogens with zero attached hydrogens (tertiary/aromatic N) is 1. The molecule has 6 heteroatoms. The number of phenolic OH excluding ortho intramolecular Hbond substituents is 1. The topological polar surface area (TPSA) is 76.1 Å². The highest BCUT2D eigenvalue weighted by atomic mass is 16.5. The molecule has 24 heavy (non-hydrogen) atoms. The van der Waals surface area contributed by atoms with Gasteiger partial charge in [0.15, 0.2) is 0 Å². The molecule has 1 aromatic carbocycles. The molecular formula is C18H22N2O4. The summed E-state index contributed by atoms with van der Waals surface area (Å²) in [4.78, 5) is 7.71. The molecule has 128 valence electrons. The molecule has 0 aliphatic carbocycles. The molecule has 0 radical (unpaired) electrons. The van der Waals surface area contributed by atoms with E-state index in [1.807, 2.05) is 32.0 Å². The second-order valence-corrected chi connectivity index (χ2v) is 5.98. The van der Waals surface area contributed by atoms with E-state index in [0.717, 1.165) is 17.0 Å². The molecular weight excluding hydrogens is 308 g/mol. The van der Waals surface area contributed by atoms with Gasteiger partial charge in [-0.05, 0) is 38.1 Å². The average Bonchev–Trinajstić information content (AvgIpc) is 3.15. The van der Waals surface area contributed by atoms with Crippen LogP contribution in [0.25, 0.3) is 11.3 Å². The molecule has 0 spiro atoms. The number of aliphatic imine (C=N–C) groups is 1. The second kappa shape index (κ2) is 6.97. The molecule has 0 fully saturated rings. The van der Waals surface area contributed by atoms with E-state index in [1.54, 1.807) is 19.2 Å². The number of rotatable bonds is 6. The normalized spacial score (nSPS) is 18.1. The number of hydrogen-bond donors (Lipinski definition) is 2. The fourth-order valence-corrected chi connectivity index (χ4v) is 2.62. The Morgan fingerprint density at radius 2 is 2.12 bits per heavy atom. The van der Waals surface area contributed by atoms with E-state index in [0.29, 0.717) is 24.9 Å². The van der Waals surface area contributed by atoms with Crippen molar-refractivity contribution in [1.82, 2.24) is 4.98 Å². The number of ether oxygens (including phenoxy) is 3. The molecule has 0 saturated carbocycles. The van der Waals surface area contributed by atoms with Crippen LogP contribution in [0.1, 0.15) is 19.5 Å². The number of phenols is 1. The number of H-pyrrole nitrogens is 1. The van der Waals surface area contributed by atoms with Crippen LogP contribution in [0.2, 0.25) is 0 Å². The van der Waals surface area contributed by atoms with Gasteiger partial charge in [-0.1, -0.05) is 0 Å². The Morgan fingerprint density at radius 3 is 2.83 bits per heavy atom. The van der Waals surface area contributed by atoms with Crippen LogP contribution < -0.4 is 4.74 Å². The lowest BCUT2D eigenvalue weighted by molar-refractivity contribution is 0.0919. The molecule has 1 aromatic heterocycles. The fourth-order valence-electron chi connectivity index (χ4n) is 2.62. The molecule has 0 saturated heterocycles. The number of nitrogens with one attached hydrogen (secondary N) is 1. The molecule has 2 aromatic rings. The van der Waals surface area contributed by atoms with Crippen LogP contribution in [-0.4, -0.2) is 48.5 Å². The van der Waals surface area contributed by atoms with Crippen molar-refractivity contribution in [2.75, 3.05) is 20.3 Å². The Hall–Kier alpha value is -2.47. The van der Waals surface area contributed by atoms with E-state index >= 15 is 0 Å². The molecule has 0 amide bonds. The third-order valence-corrected chi connectivity index (χ3v) is 3.66. The van der Waals surface area contributed by atoms with Crippen molar-refractivity contribution in [3.63, 3.8) is 0 Å². The first-order chi connectivity index (χ1) is 11.5. The van der Waals surface area contributed by atoms with Crippen LogP contribution in [0, 0.1) is 0 Å². The van der Waals surface area contributed by atoms with Gasteiger partial charge in [-0.3, -0.25) is 0 Å². The van der Waals surface area contributed by atoms with Crippen LogP contribution in [0.5, 0.6) is 11.5 Å². The summed E-state index contributed by atoms with van der Waals surface area (Å²) in [6.07, 6.45) is -0.105. The zero-order valence-electron chi connectivity index (χ0n) is 14.1. The van der Waals surface area contributed by atoms with Crippen molar-refractivity contribution >= 4 is 5.90 Å². The Kier molecular flexibility index (Phi) is 4.76. The first-order valence-electron chi connectivity index (χ1n) is 7.95. The molecule has 1 aliphatic rings. The van der Waals surface area contributed by atoms with Gasteiger partial charge in [-0.25, -0.2) is 4.99 Å². The average molecular weight is 330 g/mol. The number of aromatic amines is 1. The maximum absolute atomic E-state index is 9.98. The minimum absolute atomic E-state index is 0.105. The Bertz CT molecular complexity index is 738. The standard InChI is InChI=1S/C18H22N2O4/c1-11-9-23-18(19-11)17-5-4-16(20-17)13-6-14(21)8-15(7-13)24-12(2)10-22-3/h4-8,11-12,20-21H,9-10H2,1-3H3/t11-,12+/m1/s1. The predicted octanol–water partition coefficient (Wildman–Crippen LogP) is 2.97. The van der Waals surface area contributed by atoms with Crippen molar-refractivity contribution in [2.24, 2.45) is 4.99 Å². The van der Waals surface area contributed by atoms with Crippen LogP contribution in [-0.2, 0) is 9.47 Å². The highest BCUT2D eigenvalue weighted by Gasteiger charge is 2.18. The first kappa shape index (κ1) is 16.4. The van der Waals surface area contributed by atoms with Gasteiger partial charge >= 0.3 is 0 Å². The number of methoxy groups -OCH3 is 1. The van der Waals surface area contributed by atoms with Gasteiger partial charge in [0.2, 0.25) is 5.90 Å². The minimum Gasteiger partial charge on any atom is -0.508 e. The molecule has 0 unspecified atom stereocenters. The van der Waals surface area contributed by atoms with E-state index in [1.165, 1.54) is 0 Å².